The smallest absolute Gasteiger partial charge is 0.262 e. The average Bonchev–Trinajstić information content (AvgIpc) is 3.21. The molecular formula is C25H19BrN4O2. The van der Waals surface area contributed by atoms with Crippen LogP contribution in [-0.4, -0.2) is 22.5 Å². The van der Waals surface area contributed by atoms with Gasteiger partial charge in [-0.05, 0) is 76.5 Å². The highest BCUT2D eigenvalue weighted by Crippen LogP contribution is 2.28. The highest BCUT2D eigenvalue weighted by Gasteiger charge is 2.10. The summed E-state index contributed by atoms with van der Waals surface area (Å²) in [5.74, 6) is 0.796. The molecule has 3 aromatic carbocycles. The Hall–Kier alpha value is -3.89. The quantitative estimate of drug-likeness (QED) is 0.341. The zero-order chi connectivity index (χ0) is 22.5. The monoisotopic (exact) mass is 486 g/mol. The highest BCUT2D eigenvalue weighted by atomic mass is 79.9. The predicted octanol–water partition coefficient (Wildman–Crippen LogP) is 5.72. The Morgan fingerprint density at radius 3 is 2.78 bits per heavy atom. The van der Waals surface area contributed by atoms with E-state index in [1.807, 2.05) is 67.6 Å². The molecule has 0 aliphatic heterocycles. The summed E-state index contributed by atoms with van der Waals surface area (Å²) in [5.41, 5.74) is 4.68. The van der Waals surface area contributed by atoms with Crippen LogP contribution in [0.4, 0.5) is 5.69 Å². The van der Waals surface area contributed by atoms with Gasteiger partial charge in [0.25, 0.3) is 5.91 Å². The number of imidazole rings is 1. The molecule has 0 saturated heterocycles. The van der Waals surface area contributed by atoms with Gasteiger partial charge in [0, 0.05) is 5.69 Å². The van der Waals surface area contributed by atoms with Gasteiger partial charge in [0.1, 0.15) is 17.6 Å². The van der Waals surface area contributed by atoms with Gasteiger partial charge in [-0.3, -0.25) is 4.79 Å². The lowest BCUT2D eigenvalue weighted by atomic mass is 10.1. The molecule has 0 atom stereocenters. The Labute approximate surface area is 193 Å². The molecule has 0 spiro atoms. The number of benzene rings is 3. The Kier molecular flexibility index (Phi) is 6.34. The SMILES string of the molecule is Cc1cccc(NC(=O)COc2ccc(/C=C(\C#N)c3nc4ccccc4[nH]3)cc2Br)c1. The Balaban J connectivity index is 1.45. The first-order chi connectivity index (χ1) is 15.5. The summed E-state index contributed by atoms with van der Waals surface area (Å²) < 4.78 is 6.33. The molecule has 0 aliphatic rings. The van der Waals surface area contributed by atoms with Crippen LogP contribution in [0.2, 0.25) is 0 Å². The Morgan fingerprint density at radius 2 is 2.03 bits per heavy atom. The van der Waals surface area contributed by atoms with E-state index in [1.165, 1.54) is 0 Å². The number of ether oxygens (including phenoxy) is 1. The normalized spacial score (nSPS) is 11.2. The van der Waals surface area contributed by atoms with Crippen molar-refractivity contribution >= 4 is 50.2 Å². The number of allylic oxidation sites excluding steroid dienone is 1. The van der Waals surface area contributed by atoms with Gasteiger partial charge in [-0.15, -0.1) is 0 Å². The van der Waals surface area contributed by atoms with E-state index >= 15 is 0 Å². The number of aromatic amines is 1. The summed E-state index contributed by atoms with van der Waals surface area (Å²) in [5, 5.41) is 12.4. The van der Waals surface area contributed by atoms with E-state index in [2.05, 4.69) is 37.3 Å². The molecule has 2 N–H and O–H groups in total. The summed E-state index contributed by atoms with van der Waals surface area (Å²) in [4.78, 5) is 19.8. The second-order valence-electron chi connectivity index (χ2n) is 7.17. The first-order valence-corrected chi connectivity index (χ1v) is 10.7. The number of rotatable bonds is 6. The number of halogens is 1. The van der Waals surface area contributed by atoms with E-state index in [4.69, 9.17) is 4.74 Å². The molecule has 1 amide bonds. The van der Waals surface area contributed by atoms with Gasteiger partial charge >= 0.3 is 0 Å². The predicted molar refractivity (Wildman–Crippen MR) is 129 cm³/mol. The molecule has 32 heavy (non-hydrogen) atoms. The van der Waals surface area contributed by atoms with Crippen LogP contribution in [0.5, 0.6) is 5.75 Å². The van der Waals surface area contributed by atoms with Crippen LogP contribution >= 0.6 is 15.9 Å². The van der Waals surface area contributed by atoms with Crippen molar-refractivity contribution in [2.45, 2.75) is 6.92 Å². The van der Waals surface area contributed by atoms with Crippen molar-refractivity contribution in [1.82, 2.24) is 9.97 Å². The summed E-state index contributed by atoms with van der Waals surface area (Å²) in [6, 6.07) is 22.8. The lowest BCUT2D eigenvalue weighted by molar-refractivity contribution is -0.118. The number of aryl methyl sites for hydroxylation is 1. The minimum Gasteiger partial charge on any atom is -0.483 e. The van der Waals surface area contributed by atoms with Gasteiger partial charge in [-0.1, -0.05) is 30.3 Å². The van der Waals surface area contributed by atoms with E-state index < -0.39 is 0 Å². The fraction of sp³-hybridized carbons (Fsp3) is 0.0800. The minimum atomic E-state index is -0.247. The van der Waals surface area contributed by atoms with Gasteiger partial charge in [-0.25, -0.2) is 4.98 Å². The fourth-order valence-electron chi connectivity index (χ4n) is 3.19. The molecule has 0 bridgehead atoms. The molecule has 4 rings (SSSR count). The van der Waals surface area contributed by atoms with Gasteiger partial charge < -0.3 is 15.0 Å². The molecule has 7 heteroatoms. The molecule has 0 fully saturated rings. The number of nitrogens with one attached hydrogen (secondary N) is 2. The molecule has 158 valence electrons. The van der Waals surface area contributed by atoms with Crippen molar-refractivity contribution in [3.05, 3.63) is 88.2 Å². The summed E-state index contributed by atoms with van der Waals surface area (Å²) >= 11 is 3.48. The zero-order valence-electron chi connectivity index (χ0n) is 17.2. The maximum absolute atomic E-state index is 12.2. The summed E-state index contributed by atoms with van der Waals surface area (Å²) in [7, 11) is 0. The molecule has 0 radical (unpaired) electrons. The van der Waals surface area contributed by atoms with E-state index in [-0.39, 0.29) is 12.5 Å². The number of nitriles is 1. The molecule has 6 nitrogen and oxygen atoms in total. The number of nitrogens with zero attached hydrogens (tertiary/aromatic N) is 2. The maximum atomic E-state index is 12.2. The highest BCUT2D eigenvalue weighted by molar-refractivity contribution is 9.10. The number of amides is 1. The Morgan fingerprint density at radius 1 is 1.19 bits per heavy atom. The average molecular weight is 487 g/mol. The van der Waals surface area contributed by atoms with E-state index in [0.717, 1.165) is 27.8 Å². The fourth-order valence-corrected chi connectivity index (χ4v) is 3.70. The number of fused-ring (bicyclic) bond motifs is 1. The van der Waals surface area contributed by atoms with E-state index in [1.54, 1.807) is 12.1 Å². The van der Waals surface area contributed by atoms with Crippen LogP contribution in [0, 0.1) is 18.3 Å². The molecule has 0 aliphatic carbocycles. The van der Waals surface area contributed by atoms with Crippen LogP contribution in [-0.2, 0) is 4.79 Å². The number of anilines is 1. The second-order valence-corrected chi connectivity index (χ2v) is 8.02. The van der Waals surface area contributed by atoms with E-state index in [9.17, 15) is 10.1 Å². The lowest BCUT2D eigenvalue weighted by Gasteiger charge is -2.10. The van der Waals surface area contributed by atoms with Crippen LogP contribution in [0.1, 0.15) is 17.0 Å². The van der Waals surface area contributed by atoms with Crippen molar-refractivity contribution in [3.63, 3.8) is 0 Å². The number of carbonyl (C=O) groups is 1. The number of H-pyrrole nitrogens is 1. The number of hydrogen-bond donors (Lipinski definition) is 2. The van der Waals surface area contributed by atoms with Crippen LogP contribution in [0.15, 0.2) is 71.2 Å². The largest absolute Gasteiger partial charge is 0.483 e. The van der Waals surface area contributed by atoms with Crippen molar-refractivity contribution < 1.29 is 9.53 Å². The Bertz CT molecular complexity index is 1330. The van der Waals surface area contributed by atoms with Gasteiger partial charge in [-0.2, -0.15) is 5.26 Å². The summed E-state index contributed by atoms with van der Waals surface area (Å²) in [6.07, 6.45) is 1.75. The van der Waals surface area contributed by atoms with Gasteiger partial charge in [0.2, 0.25) is 0 Å². The van der Waals surface area contributed by atoms with Crippen molar-refractivity contribution in [2.24, 2.45) is 0 Å². The van der Waals surface area contributed by atoms with Crippen molar-refractivity contribution in [2.75, 3.05) is 11.9 Å². The van der Waals surface area contributed by atoms with Crippen LogP contribution in [0.25, 0.3) is 22.7 Å². The standard InChI is InChI=1S/C25H19BrN4O2/c1-16-5-4-6-19(11-16)28-24(31)15-32-23-10-9-17(13-20(23)26)12-18(14-27)25-29-21-7-2-3-8-22(21)30-25/h2-13H,15H2,1H3,(H,28,31)(H,29,30)/b18-12+. The van der Waals surface area contributed by atoms with Crippen LogP contribution in [0.3, 0.4) is 0 Å². The number of aromatic nitrogens is 2. The molecular weight excluding hydrogens is 468 g/mol. The topological polar surface area (TPSA) is 90.8 Å². The van der Waals surface area contributed by atoms with Gasteiger partial charge in [0.15, 0.2) is 6.61 Å². The summed E-state index contributed by atoms with van der Waals surface area (Å²) in [6.45, 7) is 1.84. The number of hydrogen-bond acceptors (Lipinski definition) is 4. The zero-order valence-corrected chi connectivity index (χ0v) is 18.8. The molecule has 0 saturated carbocycles. The molecule has 4 aromatic rings. The first-order valence-electron chi connectivity index (χ1n) is 9.87. The van der Waals surface area contributed by atoms with Crippen LogP contribution < -0.4 is 10.1 Å². The third-order valence-corrected chi connectivity index (χ3v) is 5.31. The second kappa shape index (κ2) is 9.50. The van der Waals surface area contributed by atoms with E-state index in [0.29, 0.717) is 21.6 Å². The molecule has 1 aromatic heterocycles. The minimum absolute atomic E-state index is 0.121. The van der Waals surface area contributed by atoms with Crippen molar-refractivity contribution in [3.8, 4) is 11.8 Å². The van der Waals surface area contributed by atoms with Crippen molar-refractivity contribution in [1.29, 1.82) is 5.26 Å². The van der Waals surface area contributed by atoms with Gasteiger partial charge in [0.05, 0.1) is 21.1 Å². The first kappa shape index (κ1) is 21.3. The molecule has 1 heterocycles. The number of para-hydroxylation sites is 2. The third kappa shape index (κ3) is 5.05. The molecule has 0 unspecified atom stereocenters. The maximum Gasteiger partial charge on any atom is 0.262 e. The lowest BCUT2D eigenvalue weighted by Crippen LogP contribution is -2.20. The number of carbonyl (C=O) groups excluding carboxylic acids is 1. The third-order valence-electron chi connectivity index (χ3n) is 4.69.